The van der Waals surface area contributed by atoms with Crippen LogP contribution in [0.4, 0.5) is 21.9 Å². The van der Waals surface area contributed by atoms with Gasteiger partial charge in [0.1, 0.15) is 12.4 Å². The largest absolute Gasteiger partial charge is 0.493 e. The van der Waals surface area contributed by atoms with Crippen LogP contribution in [0.25, 0.3) is 0 Å². The fourth-order valence-electron chi connectivity index (χ4n) is 3.25. The number of methoxy groups -OCH3 is 2. The lowest BCUT2D eigenvalue weighted by molar-refractivity contribution is -0.127. The summed E-state index contributed by atoms with van der Waals surface area (Å²) in [6.45, 7) is 6.44. The van der Waals surface area contributed by atoms with Crippen molar-refractivity contribution in [3.63, 3.8) is 0 Å². The summed E-state index contributed by atoms with van der Waals surface area (Å²) in [4.78, 5) is 26.9. The number of amides is 3. The molecular weight excluding hydrogens is 386 g/mol. The van der Waals surface area contributed by atoms with Crippen molar-refractivity contribution in [2.75, 3.05) is 42.9 Å². The highest BCUT2D eigenvalue weighted by Crippen LogP contribution is 2.38. The number of carbonyl (C=O) groups is 2. The van der Waals surface area contributed by atoms with Gasteiger partial charge in [0.15, 0.2) is 11.5 Å². The van der Waals surface area contributed by atoms with E-state index in [0.29, 0.717) is 40.9 Å². The molecule has 0 aromatic heterocycles. The number of rotatable bonds is 5. The molecule has 3 amide bonds. The Morgan fingerprint density at radius 1 is 1.07 bits per heavy atom. The quantitative estimate of drug-likeness (QED) is 0.770. The standard InChI is InChI=1S/C22H27N3O5/c1-6-25-16-9-7-14(11-18(16)30-13-22(2,3)20(25)26)23-21(27)24-15-8-10-17(28-4)19(12-15)29-5/h7-12H,6,13H2,1-5H3,(H2,23,24,27). The Morgan fingerprint density at radius 2 is 1.70 bits per heavy atom. The fourth-order valence-corrected chi connectivity index (χ4v) is 3.25. The van der Waals surface area contributed by atoms with Crippen LogP contribution < -0.4 is 29.7 Å². The van der Waals surface area contributed by atoms with E-state index in [1.165, 1.54) is 7.11 Å². The topological polar surface area (TPSA) is 89.1 Å². The molecule has 0 radical (unpaired) electrons. The van der Waals surface area contributed by atoms with E-state index < -0.39 is 11.4 Å². The lowest BCUT2D eigenvalue weighted by atomic mass is 9.93. The molecule has 0 bridgehead atoms. The van der Waals surface area contributed by atoms with E-state index in [2.05, 4.69) is 10.6 Å². The number of benzene rings is 2. The summed E-state index contributed by atoms with van der Waals surface area (Å²) in [6, 6.07) is 9.93. The number of hydrogen-bond donors (Lipinski definition) is 2. The van der Waals surface area contributed by atoms with Crippen LogP contribution in [0.2, 0.25) is 0 Å². The molecule has 8 heteroatoms. The first-order chi connectivity index (χ1) is 14.3. The molecule has 0 unspecified atom stereocenters. The summed E-state index contributed by atoms with van der Waals surface area (Å²) in [5.74, 6) is 1.65. The lowest BCUT2D eigenvalue weighted by Crippen LogP contribution is -2.42. The molecule has 30 heavy (non-hydrogen) atoms. The molecule has 0 saturated carbocycles. The second-order valence-corrected chi connectivity index (χ2v) is 7.55. The fraction of sp³-hybridized carbons (Fsp3) is 0.364. The van der Waals surface area contributed by atoms with Crippen molar-refractivity contribution >= 4 is 29.0 Å². The Bertz CT molecular complexity index is 958. The Kier molecular flexibility index (Phi) is 6.05. The molecule has 1 heterocycles. The zero-order valence-electron chi connectivity index (χ0n) is 17.9. The lowest BCUT2D eigenvalue weighted by Gasteiger charge is -2.26. The molecule has 2 aromatic rings. The second-order valence-electron chi connectivity index (χ2n) is 7.55. The van der Waals surface area contributed by atoms with Crippen molar-refractivity contribution in [2.45, 2.75) is 20.8 Å². The molecule has 0 fully saturated rings. The van der Waals surface area contributed by atoms with Crippen molar-refractivity contribution in [2.24, 2.45) is 5.41 Å². The van der Waals surface area contributed by atoms with Crippen LogP contribution >= 0.6 is 0 Å². The molecule has 1 aliphatic rings. The van der Waals surface area contributed by atoms with Crippen molar-refractivity contribution < 1.29 is 23.8 Å². The van der Waals surface area contributed by atoms with Gasteiger partial charge in [-0.25, -0.2) is 4.79 Å². The van der Waals surface area contributed by atoms with Crippen LogP contribution in [0.15, 0.2) is 36.4 Å². The molecule has 3 rings (SSSR count). The second kappa shape index (κ2) is 8.52. The highest BCUT2D eigenvalue weighted by atomic mass is 16.5. The first-order valence-electron chi connectivity index (χ1n) is 9.68. The number of hydrogen-bond acceptors (Lipinski definition) is 5. The maximum absolute atomic E-state index is 12.8. The average Bonchev–Trinajstić information content (AvgIpc) is 2.82. The molecule has 0 saturated heterocycles. The minimum atomic E-state index is -0.632. The predicted molar refractivity (Wildman–Crippen MR) is 116 cm³/mol. The zero-order chi connectivity index (χ0) is 21.9. The van der Waals surface area contributed by atoms with Gasteiger partial charge < -0.3 is 29.7 Å². The van der Waals surface area contributed by atoms with Crippen molar-refractivity contribution in [1.82, 2.24) is 0 Å². The smallest absolute Gasteiger partial charge is 0.323 e. The van der Waals surface area contributed by atoms with Gasteiger partial charge in [-0.3, -0.25) is 4.79 Å². The van der Waals surface area contributed by atoms with Crippen LogP contribution in [0.1, 0.15) is 20.8 Å². The molecule has 0 spiro atoms. The predicted octanol–water partition coefficient (Wildman–Crippen LogP) is 4.12. The summed E-state index contributed by atoms with van der Waals surface area (Å²) in [5, 5.41) is 5.54. The number of carbonyl (C=O) groups excluding carboxylic acids is 2. The maximum atomic E-state index is 12.8. The summed E-state index contributed by atoms with van der Waals surface area (Å²) < 4.78 is 16.3. The Hall–Kier alpha value is -3.42. The molecule has 2 aromatic carbocycles. The van der Waals surface area contributed by atoms with E-state index in [1.807, 2.05) is 20.8 Å². The molecule has 2 N–H and O–H groups in total. The van der Waals surface area contributed by atoms with E-state index in [9.17, 15) is 9.59 Å². The molecule has 160 valence electrons. The number of anilines is 3. The van der Waals surface area contributed by atoms with Gasteiger partial charge in [0.2, 0.25) is 5.91 Å². The van der Waals surface area contributed by atoms with E-state index in [-0.39, 0.29) is 12.5 Å². The summed E-state index contributed by atoms with van der Waals surface area (Å²) in [6.07, 6.45) is 0. The zero-order valence-corrected chi connectivity index (χ0v) is 17.9. The van der Waals surface area contributed by atoms with Crippen LogP contribution in [-0.4, -0.2) is 39.3 Å². The molecule has 1 aliphatic heterocycles. The third-order valence-corrected chi connectivity index (χ3v) is 4.88. The number of nitrogens with one attached hydrogen (secondary N) is 2. The van der Waals surface area contributed by atoms with Gasteiger partial charge in [-0.2, -0.15) is 0 Å². The Labute approximate surface area is 176 Å². The third-order valence-electron chi connectivity index (χ3n) is 4.88. The highest BCUT2D eigenvalue weighted by Gasteiger charge is 2.37. The van der Waals surface area contributed by atoms with E-state index in [1.54, 1.807) is 48.4 Å². The summed E-state index contributed by atoms with van der Waals surface area (Å²) >= 11 is 0. The molecule has 0 aliphatic carbocycles. The maximum Gasteiger partial charge on any atom is 0.323 e. The number of ether oxygens (including phenoxy) is 3. The van der Waals surface area contributed by atoms with Gasteiger partial charge in [-0.1, -0.05) is 0 Å². The van der Waals surface area contributed by atoms with E-state index in [0.717, 1.165) is 0 Å². The number of urea groups is 1. The Balaban J connectivity index is 1.76. The minimum absolute atomic E-state index is 0.00987. The van der Waals surface area contributed by atoms with Crippen molar-refractivity contribution in [3.8, 4) is 17.2 Å². The normalized spacial score (nSPS) is 14.8. The Morgan fingerprint density at radius 3 is 2.33 bits per heavy atom. The SMILES string of the molecule is CCN1C(=O)C(C)(C)COc2cc(NC(=O)Nc3ccc(OC)c(OC)c3)ccc21. The highest BCUT2D eigenvalue weighted by molar-refractivity contribution is 6.02. The van der Waals surface area contributed by atoms with Crippen LogP contribution in [0.5, 0.6) is 17.2 Å². The van der Waals surface area contributed by atoms with Gasteiger partial charge in [-0.05, 0) is 45.0 Å². The van der Waals surface area contributed by atoms with Gasteiger partial charge in [0.25, 0.3) is 0 Å². The van der Waals surface area contributed by atoms with Gasteiger partial charge >= 0.3 is 6.03 Å². The molecule has 8 nitrogen and oxygen atoms in total. The van der Waals surface area contributed by atoms with Crippen molar-refractivity contribution in [1.29, 1.82) is 0 Å². The minimum Gasteiger partial charge on any atom is -0.493 e. The monoisotopic (exact) mass is 413 g/mol. The van der Waals surface area contributed by atoms with Crippen LogP contribution in [0.3, 0.4) is 0 Å². The number of fused-ring (bicyclic) bond motifs is 1. The van der Waals surface area contributed by atoms with Crippen LogP contribution in [0, 0.1) is 5.41 Å². The van der Waals surface area contributed by atoms with Gasteiger partial charge in [0.05, 0.1) is 25.3 Å². The third kappa shape index (κ3) is 4.27. The summed E-state index contributed by atoms with van der Waals surface area (Å²) in [7, 11) is 3.08. The molecular formula is C22H27N3O5. The first-order valence-corrected chi connectivity index (χ1v) is 9.68. The average molecular weight is 413 g/mol. The van der Waals surface area contributed by atoms with Gasteiger partial charge in [0, 0.05) is 30.1 Å². The molecule has 0 atom stereocenters. The first kappa shape index (κ1) is 21.3. The van der Waals surface area contributed by atoms with Crippen molar-refractivity contribution in [3.05, 3.63) is 36.4 Å². The number of nitrogens with zero attached hydrogens (tertiary/aromatic N) is 1. The van der Waals surface area contributed by atoms with Crippen LogP contribution in [-0.2, 0) is 4.79 Å². The van der Waals surface area contributed by atoms with Gasteiger partial charge in [-0.15, -0.1) is 0 Å². The van der Waals surface area contributed by atoms with E-state index >= 15 is 0 Å². The summed E-state index contributed by atoms with van der Waals surface area (Å²) in [5.41, 5.74) is 1.17. The van der Waals surface area contributed by atoms with E-state index in [4.69, 9.17) is 14.2 Å².